The van der Waals surface area contributed by atoms with E-state index in [4.69, 9.17) is 4.74 Å². The molecule has 1 heterocycles. The summed E-state index contributed by atoms with van der Waals surface area (Å²) in [7, 11) is 0. The SMILES string of the molecule is CCCCCCC(=O)c1cc(Br)cc2c1OCC2. The van der Waals surface area contributed by atoms with Gasteiger partial charge in [0.15, 0.2) is 5.78 Å². The van der Waals surface area contributed by atoms with Gasteiger partial charge in [-0.3, -0.25) is 4.79 Å². The van der Waals surface area contributed by atoms with Crippen LogP contribution in [0, 0.1) is 0 Å². The molecule has 0 N–H and O–H groups in total. The number of unbranched alkanes of at least 4 members (excludes halogenated alkanes) is 3. The average Bonchev–Trinajstić information content (AvgIpc) is 2.81. The maximum Gasteiger partial charge on any atom is 0.166 e. The minimum absolute atomic E-state index is 0.213. The summed E-state index contributed by atoms with van der Waals surface area (Å²) in [4.78, 5) is 12.2. The number of halogens is 1. The molecular formula is C15H19BrO2. The van der Waals surface area contributed by atoms with Gasteiger partial charge in [-0.1, -0.05) is 42.1 Å². The van der Waals surface area contributed by atoms with Gasteiger partial charge in [-0.15, -0.1) is 0 Å². The summed E-state index contributed by atoms with van der Waals surface area (Å²) in [6.45, 7) is 2.87. The van der Waals surface area contributed by atoms with E-state index in [1.807, 2.05) is 6.07 Å². The molecule has 1 aromatic carbocycles. The van der Waals surface area contributed by atoms with Crippen LogP contribution in [-0.2, 0) is 6.42 Å². The molecular weight excluding hydrogens is 292 g/mol. The van der Waals surface area contributed by atoms with Crippen LogP contribution in [-0.4, -0.2) is 12.4 Å². The predicted molar refractivity (Wildman–Crippen MR) is 76.4 cm³/mol. The van der Waals surface area contributed by atoms with Gasteiger partial charge in [-0.25, -0.2) is 0 Å². The van der Waals surface area contributed by atoms with E-state index in [1.54, 1.807) is 0 Å². The van der Waals surface area contributed by atoms with E-state index < -0.39 is 0 Å². The molecule has 0 aromatic heterocycles. The Labute approximate surface area is 117 Å². The number of ether oxygens (including phenoxy) is 1. The minimum Gasteiger partial charge on any atom is -0.492 e. The number of Topliss-reactive ketones (excluding diaryl/α,β-unsaturated/α-hetero) is 1. The van der Waals surface area contributed by atoms with Gasteiger partial charge in [0.2, 0.25) is 0 Å². The van der Waals surface area contributed by atoms with Gasteiger partial charge in [-0.05, 0) is 24.1 Å². The quantitative estimate of drug-likeness (QED) is 0.569. The van der Waals surface area contributed by atoms with Crippen LogP contribution in [0.5, 0.6) is 5.75 Å². The Morgan fingerprint density at radius 2 is 2.17 bits per heavy atom. The smallest absolute Gasteiger partial charge is 0.166 e. The van der Waals surface area contributed by atoms with Gasteiger partial charge in [-0.2, -0.15) is 0 Å². The van der Waals surface area contributed by atoms with Crippen molar-refractivity contribution >= 4 is 21.7 Å². The summed E-state index contributed by atoms with van der Waals surface area (Å²) in [5.74, 6) is 1.03. The highest BCUT2D eigenvalue weighted by molar-refractivity contribution is 9.10. The zero-order valence-electron chi connectivity index (χ0n) is 10.8. The molecule has 0 atom stereocenters. The first-order valence-electron chi connectivity index (χ1n) is 6.70. The van der Waals surface area contributed by atoms with Crippen molar-refractivity contribution in [3.8, 4) is 5.75 Å². The number of hydrogen-bond donors (Lipinski definition) is 0. The Morgan fingerprint density at radius 1 is 1.33 bits per heavy atom. The standard InChI is InChI=1S/C15H19BrO2/c1-2-3-4-5-6-14(17)13-10-12(16)9-11-7-8-18-15(11)13/h9-10H,2-8H2,1H3. The third-order valence-electron chi connectivity index (χ3n) is 3.31. The second-order valence-corrected chi connectivity index (χ2v) is 5.69. The van der Waals surface area contributed by atoms with Crippen molar-refractivity contribution in [3.63, 3.8) is 0 Å². The lowest BCUT2D eigenvalue weighted by Gasteiger charge is -2.08. The number of carbonyl (C=O) groups excluding carboxylic acids is 1. The van der Waals surface area contributed by atoms with E-state index in [0.717, 1.165) is 40.6 Å². The summed E-state index contributed by atoms with van der Waals surface area (Å²) < 4.78 is 6.57. The lowest BCUT2D eigenvalue weighted by atomic mass is 10.0. The molecule has 0 amide bonds. The van der Waals surface area contributed by atoms with E-state index >= 15 is 0 Å². The molecule has 0 radical (unpaired) electrons. The Morgan fingerprint density at radius 3 is 2.94 bits per heavy atom. The lowest BCUT2D eigenvalue weighted by Crippen LogP contribution is -2.02. The largest absolute Gasteiger partial charge is 0.492 e. The molecule has 2 nitrogen and oxygen atoms in total. The topological polar surface area (TPSA) is 26.3 Å². The molecule has 98 valence electrons. The normalized spacial score (nSPS) is 13.2. The number of rotatable bonds is 6. The van der Waals surface area contributed by atoms with E-state index in [1.165, 1.54) is 12.8 Å². The summed E-state index contributed by atoms with van der Waals surface area (Å²) in [6.07, 6.45) is 6.06. The van der Waals surface area contributed by atoms with Crippen molar-refractivity contribution in [1.82, 2.24) is 0 Å². The van der Waals surface area contributed by atoms with Crippen LogP contribution >= 0.6 is 15.9 Å². The number of hydrogen-bond acceptors (Lipinski definition) is 2. The highest BCUT2D eigenvalue weighted by Gasteiger charge is 2.21. The third-order valence-corrected chi connectivity index (χ3v) is 3.76. The number of ketones is 1. The van der Waals surface area contributed by atoms with Crippen LogP contribution in [0.15, 0.2) is 16.6 Å². The van der Waals surface area contributed by atoms with E-state index in [-0.39, 0.29) is 5.78 Å². The molecule has 1 aliphatic rings. The molecule has 3 heteroatoms. The van der Waals surface area contributed by atoms with Gasteiger partial charge in [0.05, 0.1) is 12.2 Å². The number of carbonyl (C=O) groups is 1. The van der Waals surface area contributed by atoms with Crippen molar-refractivity contribution in [3.05, 3.63) is 27.7 Å². The first kappa shape index (κ1) is 13.6. The number of benzene rings is 1. The molecule has 0 spiro atoms. The fraction of sp³-hybridized carbons (Fsp3) is 0.533. The Balaban J connectivity index is 2.06. The van der Waals surface area contributed by atoms with Gasteiger partial charge >= 0.3 is 0 Å². The van der Waals surface area contributed by atoms with Crippen molar-refractivity contribution < 1.29 is 9.53 Å². The maximum absolute atomic E-state index is 12.2. The molecule has 1 aromatic rings. The second kappa shape index (κ2) is 6.37. The van der Waals surface area contributed by atoms with E-state index in [2.05, 4.69) is 28.9 Å². The Hall–Kier alpha value is -0.830. The van der Waals surface area contributed by atoms with E-state index in [9.17, 15) is 4.79 Å². The minimum atomic E-state index is 0.213. The van der Waals surface area contributed by atoms with Crippen molar-refractivity contribution in [1.29, 1.82) is 0 Å². The summed E-state index contributed by atoms with van der Waals surface area (Å²) in [6, 6.07) is 3.95. The molecule has 1 aliphatic heterocycles. The van der Waals surface area contributed by atoms with Crippen LogP contribution in [0.2, 0.25) is 0 Å². The lowest BCUT2D eigenvalue weighted by molar-refractivity contribution is 0.0976. The molecule has 2 rings (SSSR count). The highest BCUT2D eigenvalue weighted by Crippen LogP contribution is 2.33. The fourth-order valence-corrected chi connectivity index (χ4v) is 2.83. The van der Waals surface area contributed by atoms with Gasteiger partial charge in [0.1, 0.15) is 5.75 Å². The van der Waals surface area contributed by atoms with Crippen LogP contribution in [0.3, 0.4) is 0 Å². The zero-order chi connectivity index (χ0) is 13.0. The Kier molecular flexibility index (Phi) is 4.81. The molecule has 0 saturated carbocycles. The van der Waals surface area contributed by atoms with Crippen molar-refractivity contribution in [2.24, 2.45) is 0 Å². The van der Waals surface area contributed by atoms with Crippen LogP contribution < -0.4 is 4.74 Å². The summed E-state index contributed by atoms with van der Waals surface area (Å²) >= 11 is 3.47. The van der Waals surface area contributed by atoms with Crippen LogP contribution in [0.4, 0.5) is 0 Å². The molecule has 18 heavy (non-hydrogen) atoms. The zero-order valence-corrected chi connectivity index (χ0v) is 12.4. The van der Waals surface area contributed by atoms with Crippen molar-refractivity contribution in [2.45, 2.75) is 45.4 Å². The van der Waals surface area contributed by atoms with E-state index in [0.29, 0.717) is 13.0 Å². The first-order valence-corrected chi connectivity index (χ1v) is 7.50. The monoisotopic (exact) mass is 310 g/mol. The molecule has 0 fully saturated rings. The second-order valence-electron chi connectivity index (χ2n) is 4.77. The molecule has 0 saturated heterocycles. The van der Waals surface area contributed by atoms with Gasteiger partial charge < -0.3 is 4.74 Å². The molecule has 0 bridgehead atoms. The van der Waals surface area contributed by atoms with Crippen molar-refractivity contribution in [2.75, 3.05) is 6.61 Å². The third kappa shape index (κ3) is 3.14. The Bertz CT molecular complexity index is 440. The molecule has 0 aliphatic carbocycles. The number of fused-ring (bicyclic) bond motifs is 1. The molecule has 0 unspecified atom stereocenters. The van der Waals surface area contributed by atoms with Crippen LogP contribution in [0.25, 0.3) is 0 Å². The van der Waals surface area contributed by atoms with Crippen LogP contribution in [0.1, 0.15) is 54.9 Å². The fourth-order valence-electron chi connectivity index (χ4n) is 2.32. The highest BCUT2D eigenvalue weighted by atomic mass is 79.9. The average molecular weight is 311 g/mol. The van der Waals surface area contributed by atoms with Gasteiger partial charge in [0.25, 0.3) is 0 Å². The summed E-state index contributed by atoms with van der Waals surface area (Å²) in [5, 5.41) is 0. The first-order chi connectivity index (χ1) is 8.72. The maximum atomic E-state index is 12.2. The van der Waals surface area contributed by atoms with Gasteiger partial charge in [0, 0.05) is 17.3 Å². The summed E-state index contributed by atoms with van der Waals surface area (Å²) in [5.41, 5.74) is 1.91. The predicted octanol–water partition coefficient (Wildman–Crippen LogP) is 4.54.